The van der Waals surface area contributed by atoms with Crippen molar-refractivity contribution in [3.63, 3.8) is 0 Å². The van der Waals surface area contributed by atoms with E-state index in [2.05, 4.69) is 15.3 Å². The number of benzene rings is 1. The Morgan fingerprint density at radius 3 is 3.00 bits per heavy atom. The number of hydrogen-bond acceptors (Lipinski definition) is 4. The largest absolute Gasteiger partial charge is 0.345 e. The number of nitrogens with zero attached hydrogens (tertiary/aromatic N) is 2. The van der Waals surface area contributed by atoms with Crippen LogP contribution in [0.15, 0.2) is 41.2 Å². The predicted molar refractivity (Wildman–Crippen MR) is 80.0 cm³/mol. The molecule has 1 N–H and O–H groups in total. The lowest BCUT2D eigenvalue weighted by Crippen LogP contribution is -2.24. The van der Waals surface area contributed by atoms with Crippen LogP contribution in [0.5, 0.6) is 0 Å². The monoisotopic (exact) mass is 303 g/mol. The molecule has 0 fully saturated rings. The molecule has 3 rings (SSSR count). The third-order valence-corrected chi connectivity index (χ3v) is 3.76. The Hall–Kier alpha value is -1.98. The molecule has 6 heteroatoms. The van der Waals surface area contributed by atoms with Crippen molar-refractivity contribution in [1.29, 1.82) is 0 Å². The average molecular weight is 304 g/mol. The molecule has 1 aromatic carbocycles. The Kier molecular flexibility index (Phi) is 3.62. The van der Waals surface area contributed by atoms with Gasteiger partial charge in [0.15, 0.2) is 0 Å². The number of hydrogen-bond donors (Lipinski definition) is 1. The molecular formula is C14H10ClN3OS. The van der Waals surface area contributed by atoms with Crippen molar-refractivity contribution in [3.8, 4) is 0 Å². The van der Waals surface area contributed by atoms with Gasteiger partial charge in [-0.3, -0.25) is 4.79 Å². The quantitative estimate of drug-likeness (QED) is 0.808. The summed E-state index contributed by atoms with van der Waals surface area (Å²) < 4.78 is 0. The molecule has 1 amide bonds. The maximum absolute atomic E-state index is 12.1. The van der Waals surface area contributed by atoms with E-state index in [1.807, 2.05) is 29.6 Å². The molecule has 0 saturated carbocycles. The molecule has 100 valence electrons. The van der Waals surface area contributed by atoms with E-state index in [0.29, 0.717) is 22.8 Å². The molecule has 0 bridgehead atoms. The number of carbonyl (C=O) groups is 1. The van der Waals surface area contributed by atoms with E-state index in [4.69, 9.17) is 11.6 Å². The molecule has 2 aromatic heterocycles. The van der Waals surface area contributed by atoms with Crippen LogP contribution in [-0.2, 0) is 6.54 Å². The summed E-state index contributed by atoms with van der Waals surface area (Å²) in [6.45, 7) is 0.383. The van der Waals surface area contributed by atoms with Gasteiger partial charge in [0, 0.05) is 10.8 Å². The van der Waals surface area contributed by atoms with Crippen molar-refractivity contribution in [2.45, 2.75) is 6.54 Å². The Bertz CT molecular complexity index is 758. The zero-order valence-corrected chi connectivity index (χ0v) is 11.9. The van der Waals surface area contributed by atoms with Crippen LogP contribution in [0.25, 0.3) is 10.9 Å². The molecule has 4 nitrogen and oxygen atoms in total. The summed E-state index contributed by atoms with van der Waals surface area (Å²) in [5.41, 5.74) is 3.57. The maximum atomic E-state index is 12.1. The van der Waals surface area contributed by atoms with Gasteiger partial charge in [-0.15, -0.1) is 11.3 Å². The smallest absolute Gasteiger partial charge is 0.270 e. The number of aromatic nitrogens is 2. The van der Waals surface area contributed by atoms with Crippen LogP contribution in [0.2, 0.25) is 5.02 Å². The number of para-hydroxylation sites is 1. The molecular weight excluding hydrogens is 294 g/mol. The van der Waals surface area contributed by atoms with Crippen LogP contribution in [0.4, 0.5) is 0 Å². The van der Waals surface area contributed by atoms with E-state index in [1.165, 1.54) is 11.3 Å². The van der Waals surface area contributed by atoms with Crippen molar-refractivity contribution >= 4 is 39.7 Å². The highest BCUT2D eigenvalue weighted by molar-refractivity contribution is 7.07. The zero-order valence-electron chi connectivity index (χ0n) is 10.3. The van der Waals surface area contributed by atoms with Gasteiger partial charge in [-0.1, -0.05) is 29.8 Å². The number of carbonyl (C=O) groups excluding carboxylic acids is 1. The number of amides is 1. The molecule has 20 heavy (non-hydrogen) atoms. The first-order valence-electron chi connectivity index (χ1n) is 5.94. The lowest BCUT2D eigenvalue weighted by molar-refractivity contribution is 0.0946. The fourth-order valence-corrected chi connectivity index (χ4v) is 2.66. The number of thiazole rings is 1. The van der Waals surface area contributed by atoms with E-state index in [-0.39, 0.29) is 5.91 Å². The normalized spacial score (nSPS) is 10.7. The van der Waals surface area contributed by atoms with E-state index in [9.17, 15) is 4.79 Å². The zero-order chi connectivity index (χ0) is 13.9. The van der Waals surface area contributed by atoms with Crippen molar-refractivity contribution in [2.24, 2.45) is 0 Å². The summed E-state index contributed by atoms with van der Waals surface area (Å²) in [6.07, 6.45) is 0. The second kappa shape index (κ2) is 5.56. The summed E-state index contributed by atoms with van der Waals surface area (Å²) in [5.74, 6) is -0.259. The third-order valence-electron chi connectivity index (χ3n) is 2.81. The Morgan fingerprint density at radius 1 is 1.35 bits per heavy atom. The molecule has 0 saturated heterocycles. The number of pyridine rings is 1. The summed E-state index contributed by atoms with van der Waals surface area (Å²) in [5, 5.41) is 6.03. The van der Waals surface area contributed by atoms with Crippen molar-refractivity contribution in [1.82, 2.24) is 15.3 Å². The number of halogens is 1. The second-order valence-corrected chi connectivity index (χ2v) is 5.29. The van der Waals surface area contributed by atoms with Gasteiger partial charge in [-0.2, -0.15) is 0 Å². The van der Waals surface area contributed by atoms with Gasteiger partial charge < -0.3 is 5.32 Å². The lowest BCUT2D eigenvalue weighted by Gasteiger charge is -2.05. The van der Waals surface area contributed by atoms with Crippen molar-refractivity contribution in [2.75, 3.05) is 0 Å². The molecule has 0 spiro atoms. The Morgan fingerprint density at radius 2 is 2.20 bits per heavy atom. The van der Waals surface area contributed by atoms with Crippen LogP contribution in [0, 0.1) is 0 Å². The SMILES string of the molecule is O=C(NCc1cscn1)c1cc(Cl)c2ccccc2n1. The van der Waals surface area contributed by atoms with Crippen LogP contribution in [0.1, 0.15) is 16.2 Å². The Labute approximate surface area is 124 Å². The van der Waals surface area contributed by atoms with Crippen molar-refractivity contribution < 1.29 is 4.79 Å². The average Bonchev–Trinajstić information content (AvgIpc) is 2.98. The molecule has 0 aliphatic heterocycles. The minimum atomic E-state index is -0.259. The van der Waals surface area contributed by atoms with Crippen LogP contribution in [-0.4, -0.2) is 15.9 Å². The van der Waals surface area contributed by atoms with Gasteiger partial charge in [0.25, 0.3) is 5.91 Å². The number of nitrogens with one attached hydrogen (secondary N) is 1. The molecule has 0 atom stereocenters. The molecule has 0 aliphatic rings. The molecule has 0 unspecified atom stereocenters. The first kappa shape index (κ1) is 13.0. The van der Waals surface area contributed by atoms with Gasteiger partial charge in [0.05, 0.1) is 28.3 Å². The van der Waals surface area contributed by atoms with Crippen molar-refractivity contribution in [3.05, 3.63) is 57.6 Å². The van der Waals surface area contributed by atoms with Gasteiger partial charge in [0.1, 0.15) is 5.69 Å². The molecule has 0 radical (unpaired) electrons. The number of rotatable bonds is 3. The van der Waals surface area contributed by atoms with E-state index >= 15 is 0 Å². The van der Waals surface area contributed by atoms with E-state index < -0.39 is 0 Å². The van der Waals surface area contributed by atoms with E-state index in [1.54, 1.807) is 11.6 Å². The predicted octanol–water partition coefficient (Wildman–Crippen LogP) is 3.27. The second-order valence-electron chi connectivity index (χ2n) is 4.17. The maximum Gasteiger partial charge on any atom is 0.270 e. The summed E-state index contributed by atoms with van der Waals surface area (Å²) >= 11 is 7.67. The van der Waals surface area contributed by atoms with Crippen LogP contribution >= 0.6 is 22.9 Å². The fourth-order valence-electron chi connectivity index (χ4n) is 1.84. The minimum Gasteiger partial charge on any atom is -0.345 e. The summed E-state index contributed by atoms with van der Waals surface area (Å²) in [4.78, 5) is 20.5. The van der Waals surface area contributed by atoms with Gasteiger partial charge in [-0.05, 0) is 12.1 Å². The summed E-state index contributed by atoms with van der Waals surface area (Å²) in [7, 11) is 0. The van der Waals surface area contributed by atoms with E-state index in [0.717, 1.165) is 11.1 Å². The van der Waals surface area contributed by atoms with Gasteiger partial charge in [-0.25, -0.2) is 9.97 Å². The lowest BCUT2D eigenvalue weighted by atomic mass is 10.2. The molecule has 0 aliphatic carbocycles. The van der Waals surface area contributed by atoms with Crippen LogP contribution in [0.3, 0.4) is 0 Å². The Balaban J connectivity index is 1.84. The summed E-state index contributed by atoms with van der Waals surface area (Å²) in [6, 6.07) is 9.04. The van der Waals surface area contributed by atoms with Crippen LogP contribution < -0.4 is 5.32 Å². The van der Waals surface area contributed by atoms with Gasteiger partial charge in [0.2, 0.25) is 0 Å². The molecule has 3 aromatic rings. The highest BCUT2D eigenvalue weighted by atomic mass is 35.5. The van der Waals surface area contributed by atoms with Gasteiger partial charge >= 0.3 is 0 Å². The first-order valence-corrected chi connectivity index (χ1v) is 7.26. The standard InChI is InChI=1S/C14H10ClN3OS/c15-11-5-13(18-12-4-2-1-3-10(11)12)14(19)16-6-9-7-20-8-17-9/h1-5,7-8H,6H2,(H,16,19). The number of fused-ring (bicyclic) bond motifs is 1. The third kappa shape index (κ3) is 2.64. The highest BCUT2D eigenvalue weighted by Gasteiger charge is 2.11. The molecule has 2 heterocycles. The highest BCUT2D eigenvalue weighted by Crippen LogP contribution is 2.22. The first-order chi connectivity index (χ1) is 9.74. The fraction of sp³-hybridized carbons (Fsp3) is 0.0714. The topological polar surface area (TPSA) is 54.9 Å². The minimum absolute atomic E-state index is 0.259.